The van der Waals surface area contributed by atoms with Gasteiger partial charge in [0.15, 0.2) is 12.0 Å². The highest BCUT2D eigenvalue weighted by Crippen LogP contribution is 2.24. The van der Waals surface area contributed by atoms with E-state index in [4.69, 9.17) is 15.6 Å². The molecule has 1 aliphatic heterocycles. The molecule has 0 aliphatic carbocycles. The van der Waals surface area contributed by atoms with E-state index < -0.39 is 42.8 Å². The Bertz CT molecular complexity index is 275. The van der Waals surface area contributed by atoms with Gasteiger partial charge in [-0.2, -0.15) is 0 Å². The molecule has 1 saturated heterocycles. The standard InChI is InChI=1S/C8H16N2O6/c1-3(12)10-8(9)6(14)5(13)4(2-11)16-7(8)15/h4-7,11,13-15H,2,9H2,1H3,(H,10,12)/t4-,5-,6+,7?,8-/m0/s1. The maximum Gasteiger partial charge on any atom is 0.218 e. The molecule has 0 aromatic carbocycles. The van der Waals surface area contributed by atoms with Crippen molar-refractivity contribution in [2.24, 2.45) is 5.73 Å². The Morgan fingerprint density at radius 3 is 2.50 bits per heavy atom. The Hall–Kier alpha value is -0.770. The Labute approximate surface area is 91.6 Å². The fourth-order valence-corrected chi connectivity index (χ4v) is 1.58. The Morgan fingerprint density at radius 2 is 2.06 bits per heavy atom. The van der Waals surface area contributed by atoms with Gasteiger partial charge in [-0.1, -0.05) is 0 Å². The van der Waals surface area contributed by atoms with Crippen molar-refractivity contribution in [3.05, 3.63) is 0 Å². The van der Waals surface area contributed by atoms with Crippen LogP contribution in [0, 0.1) is 0 Å². The smallest absolute Gasteiger partial charge is 0.218 e. The van der Waals surface area contributed by atoms with Crippen molar-refractivity contribution in [3.63, 3.8) is 0 Å². The van der Waals surface area contributed by atoms with Crippen molar-refractivity contribution in [1.29, 1.82) is 0 Å². The first-order chi connectivity index (χ1) is 7.32. The van der Waals surface area contributed by atoms with Crippen molar-refractivity contribution in [3.8, 4) is 0 Å². The molecule has 5 atom stereocenters. The Morgan fingerprint density at radius 1 is 1.50 bits per heavy atom. The predicted molar refractivity (Wildman–Crippen MR) is 50.7 cm³/mol. The molecule has 1 fully saturated rings. The molecule has 1 amide bonds. The van der Waals surface area contributed by atoms with Crippen LogP contribution in [-0.2, 0) is 9.53 Å². The SMILES string of the molecule is CC(=O)N[C@]1(N)C(O)O[C@@H](CO)[C@H](O)[C@H]1O. The van der Waals surface area contributed by atoms with Crippen molar-refractivity contribution < 1.29 is 30.0 Å². The summed E-state index contributed by atoms with van der Waals surface area (Å²) in [5.74, 6) is -0.598. The van der Waals surface area contributed by atoms with Crippen molar-refractivity contribution in [2.75, 3.05) is 6.61 Å². The van der Waals surface area contributed by atoms with Gasteiger partial charge in [0.2, 0.25) is 5.91 Å². The number of hydrogen-bond acceptors (Lipinski definition) is 7. The van der Waals surface area contributed by atoms with E-state index in [1.54, 1.807) is 0 Å². The molecule has 94 valence electrons. The van der Waals surface area contributed by atoms with Crippen molar-refractivity contribution in [2.45, 2.75) is 37.2 Å². The van der Waals surface area contributed by atoms with Gasteiger partial charge in [0, 0.05) is 6.92 Å². The lowest BCUT2D eigenvalue weighted by molar-refractivity contribution is -0.282. The third kappa shape index (κ3) is 2.17. The van der Waals surface area contributed by atoms with Gasteiger partial charge in [-0.25, -0.2) is 0 Å². The third-order valence-corrected chi connectivity index (χ3v) is 2.48. The summed E-state index contributed by atoms with van der Waals surface area (Å²) in [6.07, 6.45) is -6.05. The maximum atomic E-state index is 10.9. The topological polar surface area (TPSA) is 145 Å². The van der Waals surface area contributed by atoms with Gasteiger partial charge in [0.1, 0.15) is 18.3 Å². The molecule has 1 rings (SSSR count). The number of rotatable bonds is 2. The summed E-state index contributed by atoms with van der Waals surface area (Å²) in [7, 11) is 0. The van der Waals surface area contributed by atoms with E-state index in [0.29, 0.717) is 0 Å². The van der Waals surface area contributed by atoms with Gasteiger partial charge in [-0.15, -0.1) is 0 Å². The number of nitrogens with one attached hydrogen (secondary N) is 1. The second-order valence-corrected chi connectivity index (χ2v) is 3.76. The summed E-state index contributed by atoms with van der Waals surface area (Å²) in [5.41, 5.74) is 3.55. The normalized spacial score (nSPS) is 44.1. The summed E-state index contributed by atoms with van der Waals surface area (Å²) in [6, 6.07) is 0. The minimum Gasteiger partial charge on any atom is -0.394 e. The van der Waals surface area contributed by atoms with Gasteiger partial charge in [-0.3, -0.25) is 4.79 Å². The fraction of sp³-hybridized carbons (Fsp3) is 0.875. The van der Waals surface area contributed by atoms with E-state index in [1.807, 2.05) is 0 Å². The van der Waals surface area contributed by atoms with E-state index in [9.17, 15) is 20.1 Å². The number of nitrogens with two attached hydrogens (primary N) is 1. The average Bonchev–Trinajstić information content (AvgIpc) is 2.20. The molecular formula is C8H16N2O6. The van der Waals surface area contributed by atoms with Crippen LogP contribution in [-0.4, -0.2) is 63.2 Å². The number of aliphatic hydroxyl groups excluding tert-OH is 4. The Balaban J connectivity index is 2.90. The van der Waals surface area contributed by atoms with E-state index in [1.165, 1.54) is 0 Å². The molecule has 0 aromatic heterocycles. The molecule has 1 unspecified atom stereocenters. The minimum atomic E-state index is -2.00. The van der Waals surface area contributed by atoms with Crippen LogP contribution in [0.4, 0.5) is 0 Å². The first-order valence-corrected chi connectivity index (χ1v) is 4.71. The maximum absolute atomic E-state index is 10.9. The van der Waals surface area contributed by atoms with Crippen LogP contribution in [0.25, 0.3) is 0 Å². The van der Waals surface area contributed by atoms with Crippen LogP contribution in [0.3, 0.4) is 0 Å². The molecule has 0 bridgehead atoms. The van der Waals surface area contributed by atoms with Gasteiger partial charge < -0.3 is 36.2 Å². The third-order valence-electron chi connectivity index (χ3n) is 2.48. The molecule has 7 N–H and O–H groups in total. The highest BCUT2D eigenvalue weighted by atomic mass is 16.6. The molecule has 0 aromatic rings. The van der Waals surface area contributed by atoms with E-state index in [0.717, 1.165) is 6.92 Å². The zero-order chi connectivity index (χ0) is 12.5. The van der Waals surface area contributed by atoms with Gasteiger partial charge in [-0.05, 0) is 0 Å². The second-order valence-electron chi connectivity index (χ2n) is 3.76. The molecule has 0 spiro atoms. The number of amides is 1. The molecule has 8 heteroatoms. The number of carbonyl (C=O) groups is 1. The number of carbonyl (C=O) groups excluding carboxylic acids is 1. The van der Waals surface area contributed by atoms with Crippen LogP contribution in [0.1, 0.15) is 6.92 Å². The summed E-state index contributed by atoms with van der Waals surface area (Å²) >= 11 is 0. The molecule has 1 heterocycles. The minimum absolute atomic E-state index is 0.592. The fourth-order valence-electron chi connectivity index (χ4n) is 1.58. The molecule has 1 aliphatic rings. The quantitative estimate of drug-likeness (QED) is 0.270. The van der Waals surface area contributed by atoms with E-state index >= 15 is 0 Å². The van der Waals surface area contributed by atoms with Crippen molar-refractivity contribution in [1.82, 2.24) is 5.32 Å². The van der Waals surface area contributed by atoms with Gasteiger partial charge in [0.05, 0.1) is 6.61 Å². The van der Waals surface area contributed by atoms with Crippen LogP contribution in [0.5, 0.6) is 0 Å². The Kier molecular flexibility index (Phi) is 3.84. The number of hydrogen-bond donors (Lipinski definition) is 6. The van der Waals surface area contributed by atoms with Gasteiger partial charge in [0.25, 0.3) is 0 Å². The van der Waals surface area contributed by atoms with Gasteiger partial charge >= 0.3 is 0 Å². The zero-order valence-corrected chi connectivity index (χ0v) is 8.70. The summed E-state index contributed by atoms with van der Waals surface area (Å²) in [5, 5.41) is 39.6. The molecule has 0 saturated carbocycles. The lowest BCUT2D eigenvalue weighted by atomic mass is 9.91. The first-order valence-electron chi connectivity index (χ1n) is 4.71. The van der Waals surface area contributed by atoms with E-state index in [-0.39, 0.29) is 0 Å². The summed E-state index contributed by atoms with van der Waals surface area (Å²) in [4.78, 5) is 10.9. The lowest BCUT2D eigenvalue weighted by Gasteiger charge is -2.46. The average molecular weight is 236 g/mol. The summed E-state index contributed by atoms with van der Waals surface area (Å²) in [6.45, 7) is 0.546. The number of ether oxygens (including phenoxy) is 1. The molecule has 8 nitrogen and oxygen atoms in total. The largest absolute Gasteiger partial charge is 0.394 e. The molecular weight excluding hydrogens is 220 g/mol. The monoisotopic (exact) mass is 236 g/mol. The van der Waals surface area contributed by atoms with E-state index in [2.05, 4.69) is 5.32 Å². The summed E-state index contributed by atoms with van der Waals surface area (Å²) < 4.78 is 4.79. The van der Waals surface area contributed by atoms with Crippen LogP contribution in [0.2, 0.25) is 0 Å². The second kappa shape index (κ2) is 4.62. The zero-order valence-electron chi connectivity index (χ0n) is 8.70. The van der Waals surface area contributed by atoms with Crippen LogP contribution < -0.4 is 11.1 Å². The molecule has 16 heavy (non-hydrogen) atoms. The highest BCUT2D eigenvalue weighted by Gasteiger charge is 2.53. The highest BCUT2D eigenvalue weighted by molar-refractivity contribution is 5.74. The molecule has 0 radical (unpaired) electrons. The van der Waals surface area contributed by atoms with Crippen molar-refractivity contribution >= 4 is 5.91 Å². The number of aliphatic hydroxyl groups is 4. The van der Waals surface area contributed by atoms with Crippen LogP contribution >= 0.6 is 0 Å². The lowest BCUT2D eigenvalue weighted by Crippen LogP contribution is -2.77. The predicted octanol–water partition coefficient (Wildman–Crippen LogP) is -3.79. The first kappa shape index (κ1) is 13.3. The van der Waals surface area contributed by atoms with Crippen LogP contribution in [0.15, 0.2) is 0 Å².